The van der Waals surface area contributed by atoms with Gasteiger partial charge >= 0.3 is 0 Å². The molecule has 2 heteroatoms. The molecule has 0 fully saturated rings. The minimum Gasteiger partial charge on any atom is -0.235 e. The van der Waals surface area contributed by atoms with Crippen molar-refractivity contribution in [3.63, 3.8) is 0 Å². The van der Waals surface area contributed by atoms with Crippen LogP contribution in [0.15, 0.2) is 18.2 Å². The molecular formula is C10H14FP. The van der Waals surface area contributed by atoms with Crippen LogP contribution in [-0.4, -0.2) is 0 Å². The van der Waals surface area contributed by atoms with Crippen LogP contribution in [0.1, 0.15) is 23.6 Å². The van der Waals surface area contributed by atoms with Crippen LogP contribution in [-0.2, 0) is 5.41 Å². The molecule has 0 spiro atoms. The number of benzene rings is 1. The summed E-state index contributed by atoms with van der Waals surface area (Å²) in [6.45, 7) is 5.51. The molecule has 0 N–H and O–H groups in total. The third kappa shape index (κ3) is 2.28. The van der Waals surface area contributed by atoms with E-state index >= 15 is 0 Å². The van der Waals surface area contributed by atoms with Gasteiger partial charge in [0, 0.05) is 0 Å². The van der Waals surface area contributed by atoms with Crippen molar-refractivity contribution in [2.24, 2.45) is 0 Å². The Kier molecular flexibility index (Phi) is 2.53. The van der Waals surface area contributed by atoms with Gasteiger partial charge in [-0.2, -0.15) is 0 Å². The SMILES string of the molecule is Cc1cc(C)cc(C(C)(F)P)c1. The third-order valence-electron chi connectivity index (χ3n) is 1.79. The van der Waals surface area contributed by atoms with Gasteiger partial charge in [0.25, 0.3) is 0 Å². The summed E-state index contributed by atoms with van der Waals surface area (Å²) in [4.78, 5) is 0. The number of rotatable bonds is 1. The van der Waals surface area contributed by atoms with Crippen molar-refractivity contribution < 1.29 is 4.39 Å². The summed E-state index contributed by atoms with van der Waals surface area (Å²) < 4.78 is 13.4. The first-order valence-corrected chi connectivity index (χ1v) is 4.54. The van der Waals surface area contributed by atoms with E-state index in [0.717, 1.165) is 16.7 Å². The first-order valence-electron chi connectivity index (χ1n) is 3.96. The van der Waals surface area contributed by atoms with Crippen LogP contribution in [0.5, 0.6) is 0 Å². The van der Waals surface area contributed by atoms with E-state index in [0.29, 0.717) is 0 Å². The number of alkyl halides is 1. The lowest BCUT2D eigenvalue weighted by atomic mass is 10.0. The van der Waals surface area contributed by atoms with Crippen LogP contribution in [0.3, 0.4) is 0 Å². The first-order chi connectivity index (χ1) is 5.39. The molecule has 0 saturated heterocycles. The average Bonchev–Trinajstić information content (AvgIpc) is 1.82. The highest BCUT2D eigenvalue weighted by molar-refractivity contribution is 7.18. The Morgan fingerprint density at radius 2 is 1.58 bits per heavy atom. The molecular weight excluding hydrogens is 170 g/mol. The van der Waals surface area contributed by atoms with E-state index in [-0.39, 0.29) is 0 Å². The Bertz CT molecular complexity index is 266. The van der Waals surface area contributed by atoms with Gasteiger partial charge in [-0.3, -0.25) is 0 Å². The number of aryl methyl sites for hydroxylation is 2. The predicted molar refractivity (Wildman–Crippen MR) is 54.1 cm³/mol. The maximum Gasteiger partial charge on any atom is 0.145 e. The normalized spacial score (nSPS) is 15.8. The van der Waals surface area contributed by atoms with Crippen LogP contribution in [0.4, 0.5) is 4.39 Å². The molecule has 0 aliphatic heterocycles. The topological polar surface area (TPSA) is 0 Å². The van der Waals surface area contributed by atoms with Crippen molar-refractivity contribution >= 4 is 9.24 Å². The van der Waals surface area contributed by atoms with Crippen LogP contribution < -0.4 is 0 Å². The van der Waals surface area contributed by atoms with Crippen molar-refractivity contribution in [2.45, 2.75) is 26.2 Å². The van der Waals surface area contributed by atoms with Crippen molar-refractivity contribution in [3.8, 4) is 0 Å². The summed E-state index contributed by atoms with van der Waals surface area (Å²) in [6.07, 6.45) is 0. The Morgan fingerprint density at radius 1 is 1.17 bits per heavy atom. The second-order valence-corrected chi connectivity index (χ2v) is 4.54. The van der Waals surface area contributed by atoms with Gasteiger partial charge in [0.15, 0.2) is 0 Å². The van der Waals surface area contributed by atoms with Crippen molar-refractivity contribution in [2.75, 3.05) is 0 Å². The van der Waals surface area contributed by atoms with Crippen LogP contribution in [0.2, 0.25) is 0 Å². The van der Waals surface area contributed by atoms with Crippen LogP contribution >= 0.6 is 9.24 Å². The van der Waals surface area contributed by atoms with Gasteiger partial charge in [-0.25, -0.2) is 4.39 Å². The van der Waals surface area contributed by atoms with Gasteiger partial charge in [-0.05, 0) is 26.3 Å². The molecule has 0 heterocycles. The Balaban J connectivity index is 3.18. The molecule has 0 radical (unpaired) electrons. The summed E-state index contributed by atoms with van der Waals surface area (Å²) in [5.41, 5.74) is 2.94. The molecule has 66 valence electrons. The standard InChI is InChI=1S/C10H14FP/c1-7-4-8(2)6-9(5-7)10(3,11)12/h4-6H,12H2,1-3H3. The van der Waals surface area contributed by atoms with Gasteiger partial charge in [0.2, 0.25) is 0 Å². The Hall–Kier alpha value is -0.420. The van der Waals surface area contributed by atoms with E-state index in [2.05, 4.69) is 9.24 Å². The maximum absolute atomic E-state index is 13.4. The second kappa shape index (κ2) is 3.14. The molecule has 0 aliphatic carbocycles. The molecule has 0 aliphatic rings. The van der Waals surface area contributed by atoms with E-state index in [1.807, 2.05) is 32.0 Å². The number of hydrogen-bond acceptors (Lipinski definition) is 0. The zero-order valence-corrected chi connectivity index (χ0v) is 8.84. The zero-order chi connectivity index (χ0) is 9.35. The third-order valence-corrected chi connectivity index (χ3v) is 2.12. The predicted octanol–water partition coefficient (Wildman–Crippen LogP) is 3.32. The lowest BCUT2D eigenvalue weighted by Gasteiger charge is -2.15. The highest BCUT2D eigenvalue weighted by atomic mass is 31.0. The van der Waals surface area contributed by atoms with E-state index < -0.39 is 5.41 Å². The Labute approximate surface area is 75.4 Å². The molecule has 2 unspecified atom stereocenters. The molecule has 0 aromatic heterocycles. The summed E-state index contributed by atoms with van der Waals surface area (Å²) >= 11 is 0. The molecule has 0 amide bonds. The number of hydrogen-bond donors (Lipinski definition) is 0. The van der Waals surface area contributed by atoms with Gasteiger partial charge in [-0.1, -0.05) is 38.6 Å². The fraction of sp³-hybridized carbons (Fsp3) is 0.400. The molecule has 2 atom stereocenters. The fourth-order valence-corrected chi connectivity index (χ4v) is 1.42. The molecule has 0 saturated carbocycles. The van der Waals surface area contributed by atoms with Crippen molar-refractivity contribution in [1.82, 2.24) is 0 Å². The van der Waals surface area contributed by atoms with E-state index in [4.69, 9.17) is 0 Å². The zero-order valence-electron chi connectivity index (χ0n) is 7.69. The quantitative estimate of drug-likeness (QED) is 0.587. The largest absolute Gasteiger partial charge is 0.235 e. The summed E-state index contributed by atoms with van der Waals surface area (Å²) in [5, 5.41) is -1.31. The fourth-order valence-electron chi connectivity index (χ4n) is 1.26. The van der Waals surface area contributed by atoms with Gasteiger partial charge < -0.3 is 0 Å². The second-order valence-electron chi connectivity index (χ2n) is 3.45. The highest BCUT2D eigenvalue weighted by Crippen LogP contribution is 2.33. The minimum absolute atomic E-state index is 0.727. The molecule has 1 aromatic carbocycles. The Morgan fingerprint density at radius 3 is 1.92 bits per heavy atom. The minimum atomic E-state index is -1.31. The van der Waals surface area contributed by atoms with Crippen LogP contribution in [0, 0.1) is 13.8 Å². The van der Waals surface area contributed by atoms with E-state index in [1.54, 1.807) is 6.92 Å². The summed E-state index contributed by atoms with van der Waals surface area (Å²) in [6, 6.07) is 5.79. The van der Waals surface area contributed by atoms with E-state index in [1.165, 1.54) is 0 Å². The summed E-state index contributed by atoms with van der Waals surface area (Å²) in [7, 11) is 2.21. The van der Waals surface area contributed by atoms with Crippen LogP contribution in [0.25, 0.3) is 0 Å². The van der Waals surface area contributed by atoms with Gasteiger partial charge in [0.1, 0.15) is 5.41 Å². The average molecular weight is 184 g/mol. The van der Waals surface area contributed by atoms with Gasteiger partial charge in [0.05, 0.1) is 0 Å². The maximum atomic E-state index is 13.4. The lowest BCUT2D eigenvalue weighted by molar-refractivity contribution is 0.323. The van der Waals surface area contributed by atoms with Crippen molar-refractivity contribution in [1.29, 1.82) is 0 Å². The first kappa shape index (κ1) is 9.67. The number of halogens is 1. The monoisotopic (exact) mass is 184 g/mol. The van der Waals surface area contributed by atoms with Crippen molar-refractivity contribution in [3.05, 3.63) is 34.9 Å². The molecule has 0 nitrogen and oxygen atoms in total. The summed E-state index contributed by atoms with van der Waals surface area (Å²) in [5.74, 6) is 0. The highest BCUT2D eigenvalue weighted by Gasteiger charge is 2.18. The molecule has 0 bridgehead atoms. The van der Waals surface area contributed by atoms with Gasteiger partial charge in [-0.15, -0.1) is 0 Å². The molecule has 1 rings (SSSR count). The lowest BCUT2D eigenvalue weighted by Crippen LogP contribution is -2.04. The molecule has 1 aromatic rings. The molecule has 12 heavy (non-hydrogen) atoms. The van der Waals surface area contributed by atoms with E-state index in [9.17, 15) is 4.39 Å². The smallest absolute Gasteiger partial charge is 0.145 e.